The Morgan fingerprint density at radius 3 is 2.57 bits per heavy atom. The van der Waals surface area contributed by atoms with Crippen molar-refractivity contribution < 1.29 is 14.3 Å². The quantitative estimate of drug-likeness (QED) is 0.579. The number of rotatable bonds is 7. The number of amides is 1. The van der Waals surface area contributed by atoms with E-state index in [2.05, 4.69) is 37.4 Å². The van der Waals surface area contributed by atoms with Crippen molar-refractivity contribution in [1.29, 1.82) is 0 Å². The molecule has 0 saturated carbocycles. The van der Waals surface area contributed by atoms with Gasteiger partial charge in [0.25, 0.3) is 5.91 Å². The number of carbonyl (C=O) groups is 1. The molecular weight excluding hydrogens is 370 g/mol. The van der Waals surface area contributed by atoms with Gasteiger partial charge in [-0.2, -0.15) is 0 Å². The third kappa shape index (κ3) is 4.73. The number of ether oxygens (including phenoxy) is 2. The fraction of sp³-hybridized carbons (Fsp3) is 0.261. The van der Waals surface area contributed by atoms with E-state index < -0.39 is 0 Å². The molecule has 1 aromatic heterocycles. The molecule has 1 heterocycles. The number of hydrogen-bond donors (Lipinski definition) is 1. The van der Waals surface area contributed by atoms with Crippen LogP contribution in [0, 0.1) is 13.8 Å². The third-order valence-corrected chi connectivity index (χ3v) is 5.56. The molecule has 1 N–H and O–H groups in total. The summed E-state index contributed by atoms with van der Waals surface area (Å²) in [5.74, 6) is 1.31. The second-order valence-electron chi connectivity index (χ2n) is 6.81. The van der Waals surface area contributed by atoms with Crippen LogP contribution in [-0.4, -0.2) is 13.0 Å². The number of nitrogens with one attached hydrogen (secondary N) is 1. The molecule has 0 aliphatic heterocycles. The van der Waals surface area contributed by atoms with Crippen molar-refractivity contribution in [3.05, 3.63) is 81.0 Å². The molecule has 0 aliphatic carbocycles. The van der Waals surface area contributed by atoms with Gasteiger partial charge in [-0.1, -0.05) is 35.9 Å². The molecule has 3 aromatic rings. The number of para-hydroxylation sites is 2. The Morgan fingerprint density at radius 1 is 1.11 bits per heavy atom. The molecule has 2 aromatic carbocycles. The highest BCUT2D eigenvalue weighted by molar-refractivity contribution is 7.12. The zero-order valence-corrected chi connectivity index (χ0v) is 17.4. The van der Waals surface area contributed by atoms with E-state index in [-0.39, 0.29) is 11.9 Å². The van der Waals surface area contributed by atoms with E-state index in [1.807, 2.05) is 42.6 Å². The largest absolute Gasteiger partial charge is 0.493 e. The topological polar surface area (TPSA) is 47.6 Å². The van der Waals surface area contributed by atoms with Crippen LogP contribution in [0.1, 0.15) is 44.9 Å². The Labute approximate surface area is 170 Å². The fourth-order valence-electron chi connectivity index (χ4n) is 3.13. The minimum atomic E-state index is -0.0685. The van der Waals surface area contributed by atoms with Gasteiger partial charge in [0, 0.05) is 5.56 Å². The molecule has 0 aliphatic rings. The standard InChI is InChI=1S/C23H25NO3S/c1-15-9-10-19(16(2)11-15)17(3)24-23(25)22-12-18(14-28-22)13-27-21-8-6-5-7-20(21)26-4/h5-12,14,17H,13H2,1-4H3,(H,24,25). The lowest BCUT2D eigenvalue weighted by atomic mass is 10.0. The van der Waals surface area contributed by atoms with Crippen LogP contribution >= 0.6 is 11.3 Å². The van der Waals surface area contributed by atoms with Gasteiger partial charge in [-0.05, 0) is 55.5 Å². The van der Waals surface area contributed by atoms with Gasteiger partial charge in [0.15, 0.2) is 11.5 Å². The maximum absolute atomic E-state index is 12.6. The van der Waals surface area contributed by atoms with Crippen molar-refractivity contribution in [2.75, 3.05) is 7.11 Å². The summed E-state index contributed by atoms with van der Waals surface area (Å²) in [5, 5.41) is 5.04. The highest BCUT2D eigenvalue weighted by Gasteiger charge is 2.15. The maximum atomic E-state index is 12.6. The van der Waals surface area contributed by atoms with E-state index in [9.17, 15) is 4.79 Å². The first-order valence-corrected chi connectivity index (χ1v) is 10.1. The molecule has 0 bridgehead atoms. The number of methoxy groups -OCH3 is 1. The molecule has 0 fully saturated rings. The lowest BCUT2D eigenvalue weighted by molar-refractivity contribution is 0.0944. The summed E-state index contributed by atoms with van der Waals surface area (Å²) in [6, 6.07) is 15.6. The molecule has 146 valence electrons. The molecule has 1 unspecified atom stereocenters. The normalized spacial score (nSPS) is 11.7. The Morgan fingerprint density at radius 2 is 1.86 bits per heavy atom. The van der Waals surface area contributed by atoms with Crippen LogP contribution in [-0.2, 0) is 6.61 Å². The van der Waals surface area contributed by atoms with Crippen molar-refractivity contribution >= 4 is 17.2 Å². The Balaban J connectivity index is 1.62. The van der Waals surface area contributed by atoms with Gasteiger partial charge in [-0.15, -0.1) is 11.3 Å². The van der Waals surface area contributed by atoms with E-state index in [1.54, 1.807) is 7.11 Å². The number of carbonyl (C=O) groups excluding carboxylic acids is 1. The van der Waals surface area contributed by atoms with Crippen molar-refractivity contribution in [3.8, 4) is 11.5 Å². The Kier molecular flexibility index (Phi) is 6.37. The summed E-state index contributed by atoms with van der Waals surface area (Å²) in [5.41, 5.74) is 4.50. The molecule has 0 spiro atoms. The van der Waals surface area contributed by atoms with Crippen LogP contribution in [0.15, 0.2) is 53.9 Å². The van der Waals surface area contributed by atoms with Gasteiger partial charge >= 0.3 is 0 Å². The molecule has 1 amide bonds. The third-order valence-electron chi connectivity index (χ3n) is 4.58. The van der Waals surface area contributed by atoms with Crippen LogP contribution in [0.3, 0.4) is 0 Å². The summed E-state index contributed by atoms with van der Waals surface area (Å²) >= 11 is 1.42. The summed E-state index contributed by atoms with van der Waals surface area (Å²) < 4.78 is 11.1. The zero-order valence-electron chi connectivity index (χ0n) is 16.6. The van der Waals surface area contributed by atoms with Crippen molar-refractivity contribution in [2.45, 2.75) is 33.4 Å². The van der Waals surface area contributed by atoms with Crippen LogP contribution in [0.2, 0.25) is 0 Å². The number of hydrogen-bond acceptors (Lipinski definition) is 4. The van der Waals surface area contributed by atoms with Crippen molar-refractivity contribution in [3.63, 3.8) is 0 Å². The molecule has 3 rings (SSSR count). The summed E-state index contributed by atoms with van der Waals surface area (Å²) in [6.45, 7) is 6.54. The molecule has 1 atom stereocenters. The molecule has 0 radical (unpaired) electrons. The number of aryl methyl sites for hydroxylation is 2. The van der Waals surface area contributed by atoms with E-state index in [0.29, 0.717) is 23.0 Å². The van der Waals surface area contributed by atoms with Gasteiger partial charge in [0.1, 0.15) is 6.61 Å². The summed E-state index contributed by atoms with van der Waals surface area (Å²) in [4.78, 5) is 13.3. The van der Waals surface area contributed by atoms with Crippen LogP contribution in [0.25, 0.3) is 0 Å². The average molecular weight is 396 g/mol. The molecule has 5 heteroatoms. The minimum Gasteiger partial charge on any atom is -0.493 e. The number of benzene rings is 2. The highest BCUT2D eigenvalue weighted by Crippen LogP contribution is 2.27. The predicted molar refractivity (Wildman–Crippen MR) is 113 cm³/mol. The van der Waals surface area contributed by atoms with Crippen LogP contribution in [0.5, 0.6) is 11.5 Å². The van der Waals surface area contributed by atoms with E-state index >= 15 is 0 Å². The minimum absolute atomic E-state index is 0.0523. The summed E-state index contributed by atoms with van der Waals surface area (Å²) in [7, 11) is 1.62. The van der Waals surface area contributed by atoms with Gasteiger partial charge in [0.05, 0.1) is 18.0 Å². The smallest absolute Gasteiger partial charge is 0.261 e. The van der Waals surface area contributed by atoms with Crippen LogP contribution < -0.4 is 14.8 Å². The highest BCUT2D eigenvalue weighted by atomic mass is 32.1. The molecular formula is C23H25NO3S. The maximum Gasteiger partial charge on any atom is 0.261 e. The zero-order chi connectivity index (χ0) is 20.1. The number of thiophene rings is 1. The first-order chi connectivity index (χ1) is 13.5. The van der Waals surface area contributed by atoms with Gasteiger partial charge < -0.3 is 14.8 Å². The van der Waals surface area contributed by atoms with E-state index in [0.717, 1.165) is 11.1 Å². The van der Waals surface area contributed by atoms with Gasteiger partial charge in [-0.25, -0.2) is 0 Å². The second kappa shape index (κ2) is 8.93. The summed E-state index contributed by atoms with van der Waals surface area (Å²) in [6.07, 6.45) is 0. The van der Waals surface area contributed by atoms with E-state index in [1.165, 1.54) is 22.5 Å². The first kappa shape index (κ1) is 20.0. The van der Waals surface area contributed by atoms with Gasteiger partial charge in [-0.3, -0.25) is 4.79 Å². The fourth-order valence-corrected chi connectivity index (χ4v) is 3.93. The lowest BCUT2D eigenvalue weighted by Gasteiger charge is -2.16. The average Bonchev–Trinajstić information content (AvgIpc) is 3.15. The van der Waals surface area contributed by atoms with Gasteiger partial charge in [0.2, 0.25) is 0 Å². The van der Waals surface area contributed by atoms with E-state index in [4.69, 9.17) is 9.47 Å². The monoisotopic (exact) mass is 395 g/mol. The molecule has 28 heavy (non-hydrogen) atoms. The molecule has 0 saturated heterocycles. The SMILES string of the molecule is COc1ccccc1OCc1csc(C(=O)NC(C)c2ccc(C)cc2C)c1. The predicted octanol–water partition coefficient (Wildman–Crippen LogP) is 5.44. The molecule has 4 nitrogen and oxygen atoms in total. The van der Waals surface area contributed by atoms with Crippen LogP contribution in [0.4, 0.5) is 0 Å². The van der Waals surface area contributed by atoms with Crippen molar-refractivity contribution in [2.24, 2.45) is 0 Å². The van der Waals surface area contributed by atoms with Crippen molar-refractivity contribution in [1.82, 2.24) is 5.32 Å². The Hall–Kier alpha value is -2.79. The first-order valence-electron chi connectivity index (χ1n) is 9.19. The second-order valence-corrected chi connectivity index (χ2v) is 7.73. The lowest BCUT2D eigenvalue weighted by Crippen LogP contribution is -2.26. The Bertz CT molecular complexity index is 964.